The van der Waals surface area contributed by atoms with Gasteiger partial charge in [-0.1, -0.05) is 18.2 Å². The Morgan fingerprint density at radius 2 is 1.75 bits per heavy atom. The summed E-state index contributed by atoms with van der Waals surface area (Å²) in [6, 6.07) is 16.2. The molecule has 1 saturated carbocycles. The fourth-order valence-electron chi connectivity index (χ4n) is 4.32. The lowest BCUT2D eigenvalue weighted by atomic mass is 9.90. The summed E-state index contributed by atoms with van der Waals surface area (Å²) in [6.07, 6.45) is -3.56. The number of nitriles is 1. The summed E-state index contributed by atoms with van der Waals surface area (Å²) >= 11 is 0. The van der Waals surface area contributed by atoms with Gasteiger partial charge in [0.15, 0.2) is 0 Å². The van der Waals surface area contributed by atoms with Crippen LogP contribution in [0.1, 0.15) is 47.2 Å². The Bertz CT molecular complexity index is 1310. The molecule has 0 atom stereocenters. The van der Waals surface area contributed by atoms with Gasteiger partial charge in [-0.2, -0.15) is 23.5 Å². The summed E-state index contributed by atoms with van der Waals surface area (Å²) in [6.45, 7) is 1.99. The highest BCUT2D eigenvalue weighted by Gasteiger charge is 2.45. The Morgan fingerprint density at radius 3 is 2.39 bits per heavy atom. The number of benzene rings is 2. The number of rotatable bonds is 4. The van der Waals surface area contributed by atoms with Crippen molar-refractivity contribution in [2.75, 3.05) is 5.32 Å². The van der Waals surface area contributed by atoms with E-state index in [1.807, 2.05) is 43.3 Å². The molecule has 36 heavy (non-hydrogen) atoms. The van der Waals surface area contributed by atoms with E-state index >= 15 is 0 Å². The first-order chi connectivity index (χ1) is 17.2. The van der Waals surface area contributed by atoms with Crippen molar-refractivity contribution in [2.24, 2.45) is 0 Å². The SMILES string of the molecule is Cc1cc(NC2CCC(N(OC(=O)C(F)(F)F)C(=O)c3ccc(C#N)cc3)CC2)nc2ccccc12. The first-order valence-electron chi connectivity index (χ1n) is 11.4. The zero-order chi connectivity index (χ0) is 25.9. The van der Waals surface area contributed by atoms with Gasteiger partial charge in [0.25, 0.3) is 5.91 Å². The summed E-state index contributed by atoms with van der Waals surface area (Å²) in [5, 5.41) is 13.9. The number of halogens is 3. The van der Waals surface area contributed by atoms with Crippen molar-refractivity contribution >= 4 is 28.6 Å². The van der Waals surface area contributed by atoms with Gasteiger partial charge in [0.2, 0.25) is 0 Å². The van der Waals surface area contributed by atoms with Crippen LogP contribution >= 0.6 is 0 Å². The summed E-state index contributed by atoms with van der Waals surface area (Å²) in [5.41, 5.74) is 2.22. The summed E-state index contributed by atoms with van der Waals surface area (Å²) < 4.78 is 38.8. The lowest BCUT2D eigenvalue weighted by molar-refractivity contribution is -0.235. The van der Waals surface area contributed by atoms with Gasteiger partial charge in [-0.25, -0.2) is 9.78 Å². The maximum absolute atomic E-state index is 13.0. The van der Waals surface area contributed by atoms with E-state index in [1.54, 1.807) is 0 Å². The molecular weight excluding hydrogens is 473 g/mol. The number of aromatic nitrogens is 1. The van der Waals surface area contributed by atoms with Gasteiger partial charge in [0.05, 0.1) is 23.2 Å². The molecule has 186 valence electrons. The van der Waals surface area contributed by atoms with E-state index in [-0.39, 0.29) is 17.2 Å². The number of pyridine rings is 1. The van der Waals surface area contributed by atoms with Crippen LogP contribution in [0.4, 0.5) is 19.0 Å². The summed E-state index contributed by atoms with van der Waals surface area (Å²) in [5.74, 6) is -2.63. The van der Waals surface area contributed by atoms with Crippen molar-refractivity contribution in [3.05, 3.63) is 71.3 Å². The quantitative estimate of drug-likeness (QED) is 0.493. The molecule has 2 aromatic carbocycles. The van der Waals surface area contributed by atoms with Crippen LogP contribution in [0.3, 0.4) is 0 Å². The topological polar surface area (TPSA) is 95.3 Å². The molecular formula is C26H23F3N4O3. The molecule has 1 fully saturated rings. The van der Waals surface area contributed by atoms with Gasteiger partial charge >= 0.3 is 12.1 Å². The molecule has 1 amide bonds. The van der Waals surface area contributed by atoms with Crippen LogP contribution in [0.5, 0.6) is 0 Å². The Morgan fingerprint density at radius 1 is 1.08 bits per heavy atom. The number of fused-ring (bicyclic) bond motifs is 1. The average molecular weight is 496 g/mol. The predicted octanol–water partition coefficient (Wildman–Crippen LogP) is 5.30. The third kappa shape index (κ3) is 5.57. The van der Waals surface area contributed by atoms with E-state index in [0.717, 1.165) is 16.5 Å². The highest BCUT2D eigenvalue weighted by atomic mass is 19.4. The minimum atomic E-state index is -5.25. The first kappa shape index (κ1) is 25.0. The van der Waals surface area contributed by atoms with Crippen LogP contribution in [-0.4, -0.2) is 40.2 Å². The maximum Gasteiger partial charge on any atom is 0.493 e. The second-order valence-electron chi connectivity index (χ2n) is 8.69. The number of carbonyl (C=O) groups excluding carboxylic acids is 2. The van der Waals surface area contributed by atoms with E-state index < -0.39 is 24.1 Å². The third-order valence-electron chi connectivity index (χ3n) is 6.18. The Kier molecular flexibility index (Phi) is 7.10. The number of nitrogens with zero attached hydrogens (tertiary/aromatic N) is 3. The third-order valence-corrected chi connectivity index (χ3v) is 6.18. The normalized spacial score (nSPS) is 17.8. The number of hydrogen-bond donors (Lipinski definition) is 1. The number of anilines is 1. The molecule has 4 rings (SSSR count). The Hall–Kier alpha value is -4.13. The zero-order valence-electron chi connectivity index (χ0n) is 19.4. The van der Waals surface area contributed by atoms with E-state index in [0.29, 0.717) is 36.6 Å². The molecule has 0 bridgehead atoms. The van der Waals surface area contributed by atoms with E-state index in [9.17, 15) is 22.8 Å². The largest absolute Gasteiger partial charge is 0.493 e. The molecule has 1 aliphatic carbocycles. The van der Waals surface area contributed by atoms with Crippen molar-refractivity contribution in [3.8, 4) is 6.07 Å². The van der Waals surface area contributed by atoms with E-state index in [2.05, 4.69) is 15.1 Å². The molecule has 1 heterocycles. The Labute approximate surface area is 205 Å². The van der Waals surface area contributed by atoms with Crippen LogP contribution in [0.25, 0.3) is 10.9 Å². The van der Waals surface area contributed by atoms with Gasteiger partial charge in [-0.3, -0.25) is 4.79 Å². The second-order valence-corrected chi connectivity index (χ2v) is 8.69. The lowest BCUT2D eigenvalue weighted by Gasteiger charge is -2.35. The van der Waals surface area contributed by atoms with E-state index in [4.69, 9.17) is 5.26 Å². The average Bonchev–Trinajstić information content (AvgIpc) is 2.87. The minimum absolute atomic E-state index is 0.0139. The highest BCUT2D eigenvalue weighted by Crippen LogP contribution is 2.29. The molecule has 1 aliphatic rings. The van der Waals surface area contributed by atoms with Crippen LogP contribution in [-0.2, 0) is 9.63 Å². The number of alkyl halides is 3. The monoisotopic (exact) mass is 496 g/mol. The van der Waals surface area contributed by atoms with Gasteiger partial charge in [0, 0.05) is 17.0 Å². The fourth-order valence-corrected chi connectivity index (χ4v) is 4.32. The van der Waals surface area contributed by atoms with Crippen LogP contribution < -0.4 is 5.32 Å². The van der Waals surface area contributed by atoms with Crippen LogP contribution in [0, 0.1) is 18.3 Å². The smallest absolute Gasteiger partial charge is 0.367 e. The molecule has 3 aromatic rings. The van der Waals surface area contributed by atoms with Crippen molar-refractivity contribution in [1.29, 1.82) is 5.26 Å². The number of amides is 1. The van der Waals surface area contributed by atoms with Crippen molar-refractivity contribution in [1.82, 2.24) is 10.0 Å². The molecule has 0 radical (unpaired) electrons. The first-order valence-corrected chi connectivity index (χ1v) is 11.4. The van der Waals surface area contributed by atoms with Crippen LogP contribution in [0.2, 0.25) is 0 Å². The van der Waals surface area contributed by atoms with Crippen molar-refractivity contribution in [3.63, 3.8) is 0 Å². The molecule has 0 spiro atoms. The lowest BCUT2D eigenvalue weighted by Crippen LogP contribution is -2.47. The second kappa shape index (κ2) is 10.2. The molecule has 10 heteroatoms. The molecule has 0 unspecified atom stereocenters. The highest BCUT2D eigenvalue weighted by molar-refractivity contribution is 5.94. The standard InChI is InChI=1S/C26H23F3N4O3/c1-16-14-23(32-22-5-3-2-4-21(16)22)31-19-10-12-20(13-11-19)33(36-25(35)26(27,28)29)24(34)18-8-6-17(15-30)7-9-18/h2-9,14,19-20H,10-13H2,1H3,(H,31,32). The van der Waals surface area contributed by atoms with Crippen LogP contribution in [0.15, 0.2) is 54.6 Å². The summed E-state index contributed by atoms with van der Waals surface area (Å²) in [4.78, 5) is 33.8. The maximum atomic E-state index is 13.0. The molecule has 1 N–H and O–H groups in total. The number of aryl methyl sites for hydroxylation is 1. The molecule has 0 saturated heterocycles. The van der Waals surface area contributed by atoms with Gasteiger partial charge in [0.1, 0.15) is 5.82 Å². The molecule has 7 nitrogen and oxygen atoms in total. The minimum Gasteiger partial charge on any atom is -0.367 e. The van der Waals surface area contributed by atoms with Gasteiger partial charge in [-0.15, -0.1) is 0 Å². The number of nitrogens with one attached hydrogen (secondary N) is 1. The van der Waals surface area contributed by atoms with Crippen molar-refractivity contribution in [2.45, 2.75) is 50.9 Å². The van der Waals surface area contributed by atoms with Gasteiger partial charge in [-0.05, 0) is 74.6 Å². The number of hydroxylamine groups is 2. The number of para-hydroxylation sites is 1. The molecule has 1 aromatic heterocycles. The van der Waals surface area contributed by atoms with E-state index in [1.165, 1.54) is 24.3 Å². The summed E-state index contributed by atoms with van der Waals surface area (Å²) in [7, 11) is 0. The van der Waals surface area contributed by atoms with Gasteiger partial charge < -0.3 is 10.2 Å². The zero-order valence-corrected chi connectivity index (χ0v) is 19.4. The molecule has 0 aliphatic heterocycles. The fraction of sp³-hybridized carbons (Fsp3) is 0.308. The predicted molar refractivity (Wildman–Crippen MR) is 126 cm³/mol. The van der Waals surface area contributed by atoms with Crippen molar-refractivity contribution < 1.29 is 27.6 Å². The number of carbonyl (C=O) groups is 2. The number of hydrogen-bond acceptors (Lipinski definition) is 6. The Balaban J connectivity index is 1.47.